The fraction of sp³-hybridized carbons (Fsp3) is 0.273. The van der Waals surface area contributed by atoms with E-state index in [2.05, 4.69) is 41.6 Å². The van der Waals surface area contributed by atoms with Crippen molar-refractivity contribution < 1.29 is 8.78 Å². The summed E-state index contributed by atoms with van der Waals surface area (Å²) in [6.45, 7) is 5.89. The molecule has 0 amide bonds. The van der Waals surface area contributed by atoms with Gasteiger partial charge in [0.1, 0.15) is 11.6 Å². The molecule has 2 aromatic carbocycles. The number of nitrogens with zero attached hydrogens (tertiary/aromatic N) is 2. The summed E-state index contributed by atoms with van der Waals surface area (Å²) in [7, 11) is 2.14. The van der Waals surface area contributed by atoms with E-state index in [0.717, 1.165) is 36.7 Å². The first-order valence-electron chi connectivity index (χ1n) is 8.88. The van der Waals surface area contributed by atoms with Crippen LogP contribution in [-0.2, 0) is 13.0 Å². The topological polar surface area (TPSA) is 8.17 Å². The highest BCUT2D eigenvalue weighted by Crippen LogP contribution is 2.33. The molecule has 0 radical (unpaired) electrons. The number of hydrogen-bond donors (Lipinski definition) is 0. The minimum Gasteiger partial charge on any atom is -0.320 e. The predicted octanol–water partition coefficient (Wildman–Crippen LogP) is 5.23. The third-order valence-electron chi connectivity index (χ3n) is 5.21. The molecule has 4 heteroatoms. The van der Waals surface area contributed by atoms with Gasteiger partial charge in [0.15, 0.2) is 0 Å². The van der Waals surface area contributed by atoms with Crippen molar-refractivity contribution in [3.63, 3.8) is 0 Å². The quantitative estimate of drug-likeness (QED) is 0.613. The second kappa shape index (κ2) is 6.36. The maximum absolute atomic E-state index is 14.2. The smallest absolute Gasteiger partial charge is 0.133 e. The van der Waals surface area contributed by atoms with Crippen LogP contribution >= 0.6 is 0 Å². The maximum atomic E-state index is 14.2. The summed E-state index contributed by atoms with van der Waals surface area (Å²) in [5, 5.41) is 1.26. The lowest BCUT2D eigenvalue weighted by Gasteiger charge is -2.23. The van der Waals surface area contributed by atoms with E-state index in [-0.39, 0.29) is 0 Å². The predicted molar refractivity (Wildman–Crippen MR) is 103 cm³/mol. The molecule has 0 fully saturated rings. The Morgan fingerprint density at radius 1 is 1.12 bits per heavy atom. The molecular weight excluding hydrogens is 330 g/mol. The van der Waals surface area contributed by atoms with Gasteiger partial charge in [0.05, 0.1) is 5.52 Å². The molecule has 1 aromatic heterocycles. The van der Waals surface area contributed by atoms with Crippen LogP contribution in [0.3, 0.4) is 0 Å². The first kappa shape index (κ1) is 17.0. The molecule has 2 nitrogen and oxygen atoms in total. The highest BCUT2D eigenvalue weighted by atomic mass is 19.1. The third kappa shape index (κ3) is 2.84. The van der Waals surface area contributed by atoms with Gasteiger partial charge in [-0.05, 0) is 56.3 Å². The Morgan fingerprint density at radius 2 is 1.92 bits per heavy atom. The second-order valence-electron chi connectivity index (χ2n) is 7.24. The van der Waals surface area contributed by atoms with E-state index < -0.39 is 11.6 Å². The minimum absolute atomic E-state index is 0.432. The summed E-state index contributed by atoms with van der Waals surface area (Å²) in [5.74, 6) is -1.08. The normalized spacial score (nSPS) is 15.5. The van der Waals surface area contributed by atoms with Crippen molar-refractivity contribution in [2.24, 2.45) is 0 Å². The largest absolute Gasteiger partial charge is 0.320 e. The Labute approximate surface area is 152 Å². The van der Waals surface area contributed by atoms with E-state index in [1.54, 1.807) is 0 Å². The molecule has 2 heterocycles. The van der Waals surface area contributed by atoms with E-state index in [1.165, 1.54) is 34.3 Å². The molecular formula is C22H22F2N2. The molecule has 0 bridgehead atoms. The standard InChI is InChI=1S/C22H22F2N2/c1-14-4-7-21-18(10-14)19-13-25(3)9-8-22(19)26(21)12-15(2)17-6-5-16(23)11-20(17)24/h4-7,10-12H,8-9,13H2,1-3H3. The van der Waals surface area contributed by atoms with Gasteiger partial charge in [0.25, 0.3) is 0 Å². The van der Waals surface area contributed by atoms with E-state index in [1.807, 2.05) is 13.1 Å². The van der Waals surface area contributed by atoms with E-state index in [4.69, 9.17) is 0 Å². The number of aromatic nitrogens is 1. The molecule has 0 atom stereocenters. The average molecular weight is 352 g/mol. The zero-order valence-electron chi connectivity index (χ0n) is 15.3. The fourth-order valence-corrected chi connectivity index (χ4v) is 3.86. The number of likely N-dealkylation sites (N-methyl/N-ethyl adjacent to an activating group) is 1. The molecule has 0 unspecified atom stereocenters. The highest BCUT2D eigenvalue weighted by Gasteiger charge is 2.22. The van der Waals surface area contributed by atoms with E-state index in [0.29, 0.717) is 5.56 Å². The highest BCUT2D eigenvalue weighted by molar-refractivity contribution is 5.90. The minimum atomic E-state index is -0.554. The SMILES string of the molecule is CC(=Cn1c2c(c3cc(C)ccc31)CN(C)CC2)c1ccc(F)cc1F. The van der Waals surface area contributed by atoms with Gasteiger partial charge in [-0.15, -0.1) is 0 Å². The van der Waals surface area contributed by atoms with Crippen molar-refractivity contribution in [3.8, 4) is 0 Å². The van der Waals surface area contributed by atoms with Crippen LogP contribution in [0, 0.1) is 18.6 Å². The van der Waals surface area contributed by atoms with Crippen LogP contribution in [0.1, 0.15) is 29.3 Å². The number of fused-ring (bicyclic) bond motifs is 3. The number of benzene rings is 2. The van der Waals surface area contributed by atoms with Crippen molar-refractivity contribution >= 4 is 22.7 Å². The summed E-state index contributed by atoms with van der Waals surface area (Å²) in [4.78, 5) is 2.32. The van der Waals surface area contributed by atoms with Crippen LogP contribution in [0.25, 0.3) is 22.7 Å². The van der Waals surface area contributed by atoms with Crippen LogP contribution in [0.2, 0.25) is 0 Å². The van der Waals surface area contributed by atoms with Crippen molar-refractivity contribution in [3.05, 3.63) is 70.4 Å². The number of rotatable bonds is 2. The van der Waals surface area contributed by atoms with Crippen molar-refractivity contribution in [1.82, 2.24) is 9.47 Å². The number of aryl methyl sites for hydroxylation is 1. The third-order valence-corrected chi connectivity index (χ3v) is 5.21. The molecule has 26 heavy (non-hydrogen) atoms. The van der Waals surface area contributed by atoms with Gasteiger partial charge in [-0.25, -0.2) is 8.78 Å². The number of hydrogen-bond acceptors (Lipinski definition) is 1. The Hall–Kier alpha value is -2.46. The van der Waals surface area contributed by atoms with Gasteiger partial charge >= 0.3 is 0 Å². The summed E-state index contributed by atoms with van der Waals surface area (Å²) in [6, 6.07) is 10.2. The van der Waals surface area contributed by atoms with Crippen LogP contribution in [-0.4, -0.2) is 23.1 Å². The summed E-state index contributed by atoms with van der Waals surface area (Å²) >= 11 is 0. The average Bonchev–Trinajstić information content (AvgIpc) is 2.87. The summed E-state index contributed by atoms with van der Waals surface area (Å²) in [6.07, 6.45) is 2.94. The van der Waals surface area contributed by atoms with Crippen molar-refractivity contribution in [1.29, 1.82) is 0 Å². The Kier molecular flexibility index (Phi) is 4.16. The second-order valence-corrected chi connectivity index (χ2v) is 7.24. The van der Waals surface area contributed by atoms with Gasteiger partial charge in [0, 0.05) is 48.4 Å². The van der Waals surface area contributed by atoms with Crippen LogP contribution in [0.4, 0.5) is 8.78 Å². The molecule has 4 rings (SSSR count). The molecule has 0 saturated heterocycles. The molecule has 0 N–H and O–H groups in total. The van der Waals surface area contributed by atoms with Crippen LogP contribution in [0.15, 0.2) is 36.4 Å². The Bertz CT molecular complexity index is 1030. The van der Waals surface area contributed by atoms with Crippen LogP contribution < -0.4 is 0 Å². The molecule has 1 aliphatic heterocycles. The number of allylic oxidation sites excluding steroid dienone is 1. The first-order valence-corrected chi connectivity index (χ1v) is 8.88. The first-order chi connectivity index (χ1) is 12.4. The number of halogens is 2. The molecule has 0 aliphatic carbocycles. The molecule has 134 valence electrons. The molecule has 1 aliphatic rings. The van der Waals surface area contributed by atoms with Gasteiger partial charge < -0.3 is 9.47 Å². The lowest BCUT2D eigenvalue weighted by atomic mass is 10.0. The molecule has 0 spiro atoms. The Morgan fingerprint density at radius 3 is 2.69 bits per heavy atom. The van der Waals surface area contributed by atoms with Gasteiger partial charge in [-0.2, -0.15) is 0 Å². The molecule has 3 aromatic rings. The van der Waals surface area contributed by atoms with Gasteiger partial charge in [0.2, 0.25) is 0 Å². The lowest BCUT2D eigenvalue weighted by Crippen LogP contribution is -2.26. The van der Waals surface area contributed by atoms with Crippen LogP contribution in [0.5, 0.6) is 0 Å². The molecule has 0 saturated carbocycles. The fourth-order valence-electron chi connectivity index (χ4n) is 3.86. The van der Waals surface area contributed by atoms with Crippen molar-refractivity contribution in [2.45, 2.75) is 26.8 Å². The van der Waals surface area contributed by atoms with Gasteiger partial charge in [-0.3, -0.25) is 0 Å². The summed E-state index contributed by atoms with van der Waals surface area (Å²) < 4.78 is 29.6. The zero-order valence-corrected chi connectivity index (χ0v) is 15.3. The maximum Gasteiger partial charge on any atom is 0.133 e. The summed E-state index contributed by atoms with van der Waals surface area (Å²) in [5.41, 5.74) is 6.21. The van der Waals surface area contributed by atoms with Gasteiger partial charge in [-0.1, -0.05) is 11.6 Å². The Balaban J connectivity index is 1.91. The van der Waals surface area contributed by atoms with Crippen molar-refractivity contribution in [2.75, 3.05) is 13.6 Å². The lowest BCUT2D eigenvalue weighted by molar-refractivity contribution is 0.312. The van der Waals surface area contributed by atoms with E-state index >= 15 is 0 Å². The zero-order chi connectivity index (χ0) is 18.4. The monoisotopic (exact) mass is 352 g/mol. The van der Waals surface area contributed by atoms with E-state index in [9.17, 15) is 8.78 Å².